The van der Waals surface area contributed by atoms with Crippen LogP contribution >= 0.6 is 0 Å². The molecule has 4 heteroatoms. The van der Waals surface area contributed by atoms with E-state index in [1.807, 2.05) is 20.8 Å². The number of nitrogens with one attached hydrogen (secondary N) is 1. The maximum Gasteiger partial charge on any atom is 0.221 e. The predicted octanol–water partition coefficient (Wildman–Crippen LogP) is 1.38. The van der Waals surface area contributed by atoms with Crippen molar-refractivity contribution in [3.63, 3.8) is 0 Å². The van der Waals surface area contributed by atoms with Crippen LogP contribution in [0.3, 0.4) is 0 Å². The summed E-state index contributed by atoms with van der Waals surface area (Å²) in [7, 11) is 0. The van der Waals surface area contributed by atoms with E-state index in [0.717, 1.165) is 13.0 Å². The molecule has 1 rings (SSSR count). The van der Waals surface area contributed by atoms with E-state index >= 15 is 0 Å². The van der Waals surface area contributed by atoms with Crippen molar-refractivity contribution in [2.75, 3.05) is 19.6 Å². The zero-order valence-electron chi connectivity index (χ0n) is 12.0. The summed E-state index contributed by atoms with van der Waals surface area (Å²) in [6.45, 7) is 8.41. The number of β-amino-alcohol motifs (C(OH)–C–C–N with tert-alkyl or cyclic N) is 1. The van der Waals surface area contributed by atoms with Crippen LogP contribution in [0.4, 0.5) is 0 Å². The van der Waals surface area contributed by atoms with Crippen molar-refractivity contribution in [1.29, 1.82) is 0 Å². The van der Waals surface area contributed by atoms with Gasteiger partial charge in [-0.05, 0) is 32.2 Å². The van der Waals surface area contributed by atoms with Gasteiger partial charge in [-0.2, -0.15) is 0 Å². The number of hydrogen-bond acceptors (Lipinski definition) is 3. The molecular formula is C14H28N2O2. The number of nitrogens with zero attached hydrogens (tertiary/aromatic N) is 1. The highest BCUT2D eigenvalue weighted by Crippen LogP contribution is 2.20. The van der Waals surface area contributed by atoms with Gasteiger partial charge < -0.3 is 10.4 Å². The Balaban J connectivity index is 2.48. The molecule has 1 aliphatic rings. The van der Waals surface area contributed by atoms with Gasteiger partial charge in [0.1, 0.15) is 0 Å². The van der Waals surface area contributed by atoms with Crippen molar-refractivity contribution < 1.29 is 9.90 Å². The molecule has 0 aromatic rings. The van der Waals surface area contributed by atoms with Crippen molar-refractivity contribution in [3.05, 3.63) is 0 Å². The van der Waals surface area contributed by atoms with Crippen LogP contribution in [0.25, 0.3) is 0 Å². The molecule has 1 fully saturated rings. The Morgan fingerprint density at radius 2 is 2.17 bits per heavy atom. The number of amides is 1. The van der Waals surface area contributed by atoms with E-state index in [9.17, 15) is 9.90 Å². The third-order valence-electron chi connectivity index (χ3n) is 3.74. The van der Waals surface area contributed by atoms with E-state index in [4.69, 9.17) is 0 Å². The monoisotopic (exact) mass is 256 g/mol. The SMILES string of the molecule is CCNC(=O)CC1CCCCN1CC(O)C(C)C. The molecule has 106 valence electrons. The fraction of sp³-hybridized carbons (Fsp3) is 0.929. The van der Waals surface area contributed by atoms with E-state index < -0.39 is 0 Å². The summed E-state index contributed by atoms with van der Waals surface area (Å²) in [5, 5.41) is 12.9. The van der Waals surface area contributed by atoms with Gasteiger partial charge in [0.05, 0.1) is 6.10 Å². The first-order chi connectivity index (χ1) is 8.54. The number of likely N-dealkylation sites (tertiary alicyclic amines) is 1. The van der Waals surface area contributed by atoms with Gasteiger partial charge in [-0.1, -0.05) is 20.3 Å². The van der Waals surface area contributed by atoms with Crippen molar-refractivity contribution >= 4 is 5.91 Å². The van der Waals surface area contributed by atoms with E-state index in [1.54, 1.807) is 0 Å². The lowest BCUT2D eigenvalue weighted by molar-refractivity contribution is -0.122. The number of aliphatic hydroxyl groups excluding tert-OH is 1. The molecule has 1 heterocycles. The summed E-state index contributed by atoms with van der Waals surface area (Å²) in [5.41, 5.74) is 0. The minimum absolute atomic E-state index is 0.133. The predicted molar refractivity (Wildman–Crippen MR) is 73.4 cm³/mol. The molecule has 0 aromatic heterocycles. The second-order valence-electron chi connectivity index (χ2n) is 5.61. The molecule has 0 spiro atoms. The molecule has 1 saturated heterocycles. The van der Waals surface area contributed by atoms with Gasteiger partial charge in [-0.15, -0.1) is 0 Å². The van der Waals surface area contributed by atoms with E-state index in [1.165, 1.54) is 12.8 Å². The Labute approximate surface area is 111 Å². The van der Waals surface area contributed by atoms with Gasteiger partial charge in [0.25, 0.3) is 0 Å². The zero-order chi connectivity index (χ0) is 13.5. The zero-order valence-corrected chi connectivity index (χ0v) is 12.0. The molecule has 2 atom stereocenters. The molecule has 0 aromatic carbocycles. The highest BCUT2D eigenvalue weighted by molar-refractivity contribution is 5.76. The van der Waals surface area contributed by atoms with Crippen LogP contribution in [0.1, 0.15) is 46.5 Å². The maximum atomic E-state index is 11.7. The quantitative estimate of drug-likeness (QED) is 0.755. The maximum absolute atomic E-state index is 11.7. The lowest BCUT2D eigenvalue weighted by Gasteiger charge is -2.37. The van der Waals surface area contributed by atoms with Crippen LogP contribution < -0.4 is 5.32 Å². The Bertz CT molecular complexity index is 256. The summed E-state index contributed by atoms with van der Waals surface area (Å²) in [5.74, 6) is 0.408. The highest BCUT2D eigenvalue weighted by Gasteiger charge is 2.26. The summed E-state index contributed by atoms with van der Waals surface area (Å²) in [6.07, 6.45) is 3.72. The van der Waals surface area contributed by atoms with Crippen molar-refractivity contribution in [3.8, 4) is 0 Å². The van der Waals surface area contributed by atoms with E-state index in [2.05, 4.69) is 10.2 Å². The van der Waals surface area contributed by atoms with Gasteiger partial charge in [-0.25, -0.2) is 0 Å². The molecule has 0 bridgehead atoms. The first-order valence-corrected chi connectivity index (χ1v) is 7.23. The van der Waals surface area contributed by atoms with Crippen LogP contribution in [-0.2, 0) is 4.79 Å². The Hall–Kier alpha value is -0.610. The van der Waals surface area contributed by atoms with Gasteiger partial charge >= 0.3 is 0 Å². The van der Waals surface area contributed by atoms with Crippen LogP contribution in [0.2, 0.25) is 0 Å². The lowest BCUT2D eigenvalue weighted by atomic mass is 9.97. The van der Waals surface area contributed by atoms with Crippen molar-refractivity contribution in [2.24, 2.45) is 5.92 Å². The molecule has 1 aliphatic heterocycles. The summed E-state index contributed by atoms with van der Waals surface area (Å²) < 4.78 is 0. The number of piperidine rings is 1. The molecule has 1 amide bonds. The van der Waals surface area contributed by atoms with E-state index in [0.29, 0.717) is 25.6 Å². The summed E-state index contributed by atoms with van der Waals surface area (Å²) in [6, 6.07) is 0.304. The first-order valence-electron chi connectivity index (χ1n) is 7.23. The Kier molecular flexibility index (Phi) is 6.65. The number of carbonyl (C=O) groups excluding carboxylic acids is 1. The van der Waals surface area contributed by atoms with Crippen LogP contribution in [0.15, 0.2) is 0 Å². The fourth-order valence-corrected chi connectivity index (χ4v) is 2.47. The Morgan fingerprint density at radius 3 is 2.78 bits per heavy atom. The number of aliphatic hydroxyl groups is 1. The van der Waals surface area contributed by atoms with Gasteiger partial charge in [0.2, 0.25) is 5.91 Å². The topological polar surface area (TPSA) is 52.6 Å². The van der Waals surface area contributed by atoms with Gasteiger partial charge in [0, 0.05) is 25.6 Å². The molecule has 2 unspecified atom stereocenters. The van der Waals surface area contributed by atoms with Crippen molar-refractivity contribution in [2.45, 2.75) is 58.6 Å². The fourth-order valence-electron chi connectivity index (χ4n) is 2.47. The standard InChI is InChI=1S/C14H28N2O2/c1-4-15-14(18)9-12-7-5-6-8-16(12)10-13(17)11(2)3/h11-13,17H,4-10H2,1-3H3,(H,15,18). The van der Waals surface area contributed by atoms with Gasteiger partial charge in [0.15, 0.2) is 0 Å². The smallest absolute Gasteiger partial charge is 0.221 e. The molecular weight excluding hydrogens is 228 g/mol. The first kappa shape index (κ1) is 15.4. The second kappa shape index (κ2) is 7.74. The number of carbonyl (C=O) groups is 1. The molecule has 0 saturated carbocycles. The third kappa shape index (κ3) is 4.94. The molecule has 0 radical (unpaired) electrons. The average Bonchev–Trinajstić information content (AvgIpc) is 2.31. The molecule has 0 aliphatic carbocycles. The molecule has 4 nitrogen and oxygen atoms in total. The summed E-state index contributed by atoms with van der Waals surface area (Å²) >= 11 is 0. The van der Waals surface area contributed by atoms with Gasteiger partial charge in [-0.3, -0.25) is 9.69 Å². The van der Waals surface area contributed by atoms with Crippen molar-refractivity contribution in [1.82, 2.24) is 10.2 Å². The number of hydrogen-bond donors (Lipinski definition) is 2. The average molecular weight is 256 g/mol. The normalized spacial score (nSPS) is 23.1. The molecule has 18 heavy (non-hydrogen) atoms. The minimum Gasteiger partial charge on any atom is -0.392 e. The minimum atomic E-state index is -0.292. The lowest BCUT2D eigenvalue weighted by Crippen LogP contribution is -2.46. The Morgan fingerprint density at radius 1 is 1.44 bits per heavy atom. The number of rotatable bonds is 6. The van der Waals surface area contributed by atoms with Crippen LogP contribution in [-0.4, -0.2) is 47.7 Å². The van der Waals surface area contributed by atoms with E-state index in [-0.39, 0.29) is 17.9 Å². The summed E-state index contributed by atoms with van der Waals surface area (Å²) in [4.78, 5) is 14.0. The highest BCUT2D eigenvalue weighted by atomic mass is 16.3. The molecule has 2 N–H and O–H groups in total. The second-order valence-corrected chi connectivity index (χ2v) is 5.61. The third-order valence-corrected chi connectivity index (χ3v) is 3.74. The van der Waals surface area contributed by atoms with Crippen LogP contribution in [0.5, 0.6) is 0 Å². The van der Waals surface area contributed by atoms with Crippen LogP contribution in [0, 0.1) is 5.92 Å². The largest absolute Gasteiger partial charge is 0.392 e.